The van der Waals surface area contributed by atoms with Gasteiger partial charge in [0.25, 0.3) is 0 Å². The quantitative estimate of drug-likeness (QED) is 0.499. The maximum absolute atomic E-state index is 11.9. The highest BCUT2D eigenvalue weighted by atomic mass is 32.2. The van der Waals surface area contributed by atoms with Crippen LogP contribution >= 0.6 is 11.8 Å². The number of nitrogens with one attached hydrogen (secondary N) is 1. The minimum Gasteiger partial charge on any atom is -0.481 e. The highest BCUT2D eigenvalue weighted by molar-refractivity contribution is 7.99. The number of urea groups is 1. The fourth-order valence-electron chi connectivity index (χ4n) is 1.46. The minimum absolute atomic E-state index is 0.0483. The van der Waals surface area contributed by atoms with E-state index in [2.05, 4.69) is 11.2 Å². The van der Waals surface area contributed by atoms with Gasteiger partial charge < -0.3 is 15.3 Å². The average Bonchev–Trinajstić information content (AvgIpc) is 2.33. The summed E-state index contributed by atoms with van der Waals surface area (Å²) in [6, 6.07) is -0.103. The van der Waals surface area contributed by atoms with E-state index in [0.29, 0.717) is 25.3 Å². The molecule has 0 aromatic heterocycles. The zero-order chi connectivity index (χ0) is 14.7. The Labute approximate surface area is 119 Å². The zero-order valence-corrected chi connectivity index (χ0v) is 12.3. The number of carboxylic acids is 1. The lowest BCUT2D eigenvalue weighted by atomic mass is 10.2. The molecule has 2 N–H and O–H groups in total. The average molecular weight is 286 g/mol. The fraction of sp³-hybridized carbons (Fsp3) is 0.692. The van der Waals surface area contributed by atoms with Crippen LogP contribution in [-0.2, 0) is 4.79 Å². The van der Waals surface area contributed by atoms with Gasteiger partial charge in [-0.25, -0.2) is 4.79 Å². The molecule has 5 nitrogen and oxygen atoms in total. The largest absolute Gasteiger partial charge is 0.481 e. The van der Waals surface area contributed by atoms with Crippen molar-refractivity contribution in [3.63, 3.8) is 0 Å². The first-order chi connectivity index (χ1) is 8.99. The van der Waals surface area contributed by atoms with Crippen molar-refractivity contribution < 1.29 is 14.7 Å². The molecular weight excluding hydrogens is 264 g/mol. The van der Waals surface area contributed by atoms with Crippen LogP contribution < -0.4 is 5.32 Å². The second-order valence-electron chi connectivity index (χ2n) is 4.27. The molecule has 0 saturated heterocycles. The smallest absolute Gasteiger partial charge is 0.317 e. The lowest BCUT2D eigenvalue weighted by Crippen LogP contribution is -2.45. The number of nitrogens with zero attached hydrogens (tertiary/aromatic N) is 1. The van der Waals surface area contributed by atoms with Crippen LogP contribution in [0.3, 0.4) is 0 Å². The first-order valence-corrected chi connectivity index (χ1v) is 7.42. The number of thioether (sulfide) groups is 1. The molecule has 0 aliphatic carbocycles. The van der Waals surface area contributed by atoms with Gasteiger partial charge in [-0.1, -0.05) is 5.92 Å². The molecular formula is C13H22N2O3S. The van der Waals surface area contributed by atoms with E-state index >= 15 is 0 Å². The highest BCUT2D eigenvalue weighted by Gasteiger charge is 2.16. The summed E-state index contributed by atoms with van der Waals surface area (Å²) in [5.74, 6) is 3.10. The molecule has 2 amide bonds. The van der Waals surface area contributed by atoms with Gasteiger partial charge in [0.15, 0.2) is 0 Å². The van der Waals surface area contributed by atoms with Crippen LogP contribution in [0.4, 0.5) is 4.79 Å². The maximum Gasteiger partial charge on any atom is 0.317 e. The number of terminal acetylenes is 1. The number of carboxylic acid groups (broad SMARTS) is 1. The molecule has 0 spiro atoms. The van der Waals surface area contributed by atoms with E-state index in [-0.39, 0.29) is 18.5 Å². The summed E-state index contributed by atoms with van der Waals surface area (Å²) in [6.07, 6.45) is 5.67. The number of aliphatic carboxylic acids is 1. The summed E-state index contributed by atoms with van der Waals surface area (Å²) >= 11 is 1.59. The summed E-state index contributed by atoms with van der Waals surface area (Å²) in [7, 11) is 0. The first kappa shape index (κ1) is 17.6. The Balaban J connectivity index is 3.98. The number of carbonyl (C=O) groups is 2. The van der Waals surface area contributed by atoms with Crippen LogP contribution in [0.2, 0.25) is 0 Å². The summed E-state index contributed by atoms with van der Waals surface area (Å²) in [5, 5.41) is 11.4. The molecule has 0 bridgehead atoms. The molecule has 0 aliphatic rings. The number of carbonyl (C=O) groups excluding carboxylic acids is 1. The van der Waals surface area contributed by atoms with Crippen LogP contribution in [0.1, 0.15) is 26.7 Å². The first-order valence-electron chi connectivity index (χ1n) is 6.26. The van der Waals surface area contributed by atoms with Gasteiger partial charge in [0.1, 0.15) is 0 Å². The second-order valence-corrected chi connectivity index (χ2v) is 5.38. The van der Waals surface area contributed by atoms with Crippen LogP contribution in [0.25, 0.3) is 0 Å². The Morgan fingerprint density at radius 2 is 2.16 bits per heavy atom. The van der Waals surface area contributed by atoms with E-state index in [1.807, 2.05) is 13.8 Å². The van der Waals surface area contributed by atoms with Gasteiger partial charge in [-0.2, -0.15) is 0 Å². The molecule has 19 heavy (non-hydrogen) atoms. The van der Waals surface area contributed by atoms with Crippen molar-refractivity contribution in [1.29, 1.82) is 0 Å². The standard InChI is InChI=1S/C13H22N2O3S/c1-4-9-19-10-7-14-13(18)15(11(2)3)8-5-6-12(16)17/h1,11H,5-10H2,2-3H3,(H,14,18)(H,16,17). The molecule has 6 heteroatoms. The van der Waals surface area contributed by atoms with E-state index in [1.54, 1.807) is 16.7 Å². The summed E-state index contributed by atoms with van der Waals surface area (Å²) < 4.78 is 0. The Kier molecular flexibility index (Phi) is 9.81. The second kappa shape index (κ2) is 10.6. The lowest BCUT2D eigenvalue weighted by Gasteiger charge is -2.26. The predicted molar refractivity (Wildman–Crippen MR) is 78.3 cm³/mol. The van der Waals surface area contributed by atoms with Crippen molar-refractivity contribution in [3.8, 4) is 12.3 Å². The molecule has 0 unspecified atom stereocenters. The third kappa shape index (κ3) is 9.25. The van der Waals surface area contributed by atoms with Gasteiger partial charge in [-0.15, -0.1) is 18.2 Å². The van der Waals surface area contributed by atoms with Crippen LogP contribution in [0.15, 0.2) is 0 Å². The van der Waals surface area contributed by atoms with Crippen molar-refractivity contribution in [3.05, 3.63) is 0 Å². The zero-order valence-electron chi connectivity index (χ0n) is 11.5. The maximum atomic E-state index is 11.9. The minimum atomic E-state index is -0.838. The van der Waals surface area contributed by atoms with Crippen molar-refractivity contribution in [2.45, 2.75) is 32.7 Å². The SMILES string of the molecule is C#CCSCCNC(=O)N(CCCC(=O)O)C(C)C. The van der Waals surface area contributed by atoms with Gasteiger partial charge in [0.2, 0.25) is 0 Å². The van der Waals surface area contributed by atoms with Gasteiger partial charge >= 0.3 is 12.0 Å². The molecule has 0 fully saturated rings. The Morgan fingerprint density at radius 1 is 1.47 bits per heavy atom. The van der Waals surface area contributed by atoms with Gasteiger partial charge in [0.05, 0.1) is 5.75 Å². The topological polar surface area (TPSA) is 69.6 Å². The molecule has 108 valence electrons. The van der Waals surface area contributed by atoms with Crippen molar-refractivity contribution in [1.82, 2.24) is 10.2 Å². The van der Waals surface area contributed by atoms with E-state index in [4.69, 9.17) is 11.5 Å². The predicted octanol–water partition coefficient (Wildman–Crippen LogP) is 1.64. The van der Waals surface area contributed by atoms with Crippen LogP contribution in [-0.4, -0.2) is 52.6 Å². The molecule has 0 atom stereocenters. The molecule has 0 aliphatic heterocycles. The highest BCUT2D eigenvalue weighted by Crippen LogP contribution is 2.03. The third-order valence-corrected chi connectivity index (χ3v) is 3.25. The van der Waals surface area contributed by atoms with E-state index < -0.39 is 5.97 Å². The van der Waals surface area contributed by atoms with Gasteiger partial charge in [0, 0.05) is 31.3 Å². The van der Waals surface area contributed by atoms with Crippen molar-refractivity contribution in [2.75, 3.05) is 24.6 Å². The Bertz CT molecular complexity index is 326. The molecule has 0 heterocycles. The van der Waals surface area contributed by atoms with Crippen molar-refractivity contribution >= 4 is 23.8 Å². The normalized spacial score (nSPS) is 10.0. The monoisotopic (exact) mass is 286 g/mol. The molecule has 0 aromatic carbocycles. The van der Waals surface area contributed by atoms with Crippen molar-refractivity contribution in [2.24, 2.45) is 0 Å². The van der Waals surface area contributed by atoms with Crippen LogP contribution in [0, 0.1) is 12.3 Å². The summed E-state index contributed by atoms with van der Waals surface area (Å²) in [5.41, 5.74) is 0. The van der Waals surface area contributed by atoms with Gasteiger partial charge in [-0.05, 0) is 20.3 Å². The Morgan fingerprint density at radius 3 is 2.68 bits per heavy atom. The number of rotatable bonds is 9. The summed E-state index contributed by atoms with van der Waals surface area (Å²) in [6.45, 7) is 4.83. The Hall–Kier alpha value is -1.35. The molecule has 0 saturated carbocycles. The lowest BCUT2D eigenvalue weighted by molar-refractivity contribution is -0.137. The molecule has 0 aromatic rings. The number of hydrogen-bond donors (Lipinski definition) is 2. The number of amides is 2. The third-order valence-electron chi connectivity index (χ3n) is 2.38. The number of hydrogen-bond acceptors (Lipinski definition) is 3. The fourth-order valence-corrected chi connectivity index (χ4v) is 1.97. The van der Waals surface area contributed by atoms with Crippen LogP contribution in [0.5, 0.6) is 0 Å². The summed E-state index contributed by atoms with van der Waals surface area (Å²) in [4.78, 5) is 24.0. The van der Waals surface area contributed by atoms with E-state index in [0.717, 1.165) is 5.75 Å². The molecule has 0 rings (SSSR count). The van der Waals surface area contributed by atoms with Gasteiger partial charge in [-0.3, -0.25) is 4.79 Å². The van der Waals surface area contributed by atoms with E-state index in [9.17, 15) is 9.59 Å². The van der Waals surface area contributed by atoms with E-state index in [1.165, 1.54) is 0 Å². The molecule has 0 radical (unpaired) electrons.